The van der Waals surface area contributed by atoms with Gasteiger partial charge in [-0.15, -0.1) is 0 Å². The van der Waals surface area contributed by atoms with Gasteiger partial charge in [-0.1, -0.05) is 40.0 Å². The minimum absolute atomic E-state index is 0.376. The van der Waals surface area contributed by atoms with Crippen LogP contribution in [0.2, 0.25) is 30.8 Å². The lowest BCUT2D eigenvalue weighted by Gasteiger charge is -2.31. The van der Waals surface area contributed by atoms with Crippen molar-refractivity contribution in [2.45, 2.75) is 44.7 Å². The summed E-state index contributed by atoms with van der Waals surface area (Å²) in [6.07, 6.45) is 0. The Kier molecular flexibility index (Phi) is 3.16. The summed E-state index contributed by atoms with van der Waals surface area (Å²) in [5, 5.41) is 0. The predicted octanol–water partition coefficient (Wildman–Crippen LogP) is 2.28. The molecule has 0 atom stereocenters. The molecule has 0 unspecified atom stereocenters. The first kappa shape index (κ1) is 9.43. The van der Waals surface area contributed by atoms with Gasteiger partial charge in [-0.25, -0.2) is 0 Å². The molecular weight excluding hydrogens is 140 g/mol. The zero-order chi connectivity index (χ0) is 7.65. The van der Waals surface area contributed by atoms with Crippen molar-refractivity contribution in [3.05, 3.63) is 0 Å². The highest BCUT2D eigenvalue weighted by Crippen LogP contribution is 2.31. The third-order valence-corrected chi connectivity index (χ3v) is 12.9. The maximum absolute atomic E-state index is 2.47. The molecule has 0 spiro atoms. The van der Waals surface area contributed by atoms with Gasteiger partial charge in [-0.3, -0.25) is 0 Å². The Morgan fingerprint density at radius 2 is 1.00 bits per heavy atom. The molecule has 0 aromatic carbocycles. The molecule has 0 nitrogen and oxygen atoms in total. The van der Waals surface area contributed by atoms with E-state index < -0.39 is 0 Å². The van der Waals surface area contributed by atoms with Gasteiger partial charge in [-0.05, 0) is 4.66 Å². The summed E-state index contributed by atoms with van der Waals surface area (Å²) < 4.78 is 0.778. The Hall–Kier alpha value is 0.434. The lowest BCUT2D eigenvalue weighted by molar-refractivity contribution is 0.906. The fourth-order valence-electron chi connectivity index (χ4n) is 0.667. The van der Waals surface area contributed by atoms with Crippen LogP contribution < -0.4 is 0 Å². The molecule has 0 fully saturated rings. The van der Waals surface area contributed by atoms with E-state index in [1.54, 1.807) is 0 Å². The molecule has 0 amide bonds. The van der Waals surface area contributed by atoms with Crippen LogP contribution in [-0.4, -0.2) is 17.6 Å². The second-order valence-electron chi connectivity index (χ2n) is 4.13. The molecule has 0 aromatic rings. The van der Waals surface area contributed by atoms with Gasteiger partial charge in [0.05, 0.1) is 0 Å². The normalized spacial score (nSPS) is 13.3. The van der Waals surface area contributed by atoms with Crippen LogP contribution in [-0.2, 0) is 0 Å². The molecule has 0 bridgehead atoms. The largest absolute Gasteiger partial charge is 0.0720 e. The predicted molar refractivity (Wildman–Crippen MR) is 51.8 cm³/mol. The first-order valence-electron chi connectivity index (χ1n) is 3.89. The van der Waals surface area contributed by atoms with E-state index in [9.17, 15) is 0 Å². The van der Waals surface area contributed by atoms with Gasteiger partial charge in [0.25, 0.3) is 0 Å². The monoisotopic (exact) mass is 160 g/mol. The summed E-state index contributed by atoms with van der Waals surface area (Å²) in [6, 6.07) is 0. The van der Waals surface area contributed by atoms with Crippen molar-refractivity contribution in [1.82, 2.24) is 0 Å². The second kappa shape index (κ2) is 3.01. The van der Waals surface area contributed by atoms with E-state index in [1.165, 1.54) is 0 Å². The van der Waals surface area contributed by atoms with Gasteiger partial charge in [-0.2, -0.15) is 0 Å². The van der Waals surface area contributed by atoms with E-state index >= 15 is 0 Å². The molecule has 0 saturated heterocycles. The molecule has 56 valence electrons. The van der Waals surface area contributed by atoms with Crippen molar-refractivity contribution in [2.24, 2.45) is 0 Å². The smallest absolute Gasteiger partial charge is 0.0333 e. The van der Waals surface area contributed by atoms with Crippen LogP contribution in [0, 0.1) is 0 Å². The molecule has 0 aliphatic rings. The Labute approximate surface area is 62.9 Å². The average Bonchev–Trinajstić information content (AvgIpc) is 1.65. The summed E-state index contributed by atoms with van der Waals surface area (Å²) in [5.41, 5.74) is 0. The van der Waals surface area contributed by atoms with E-state index in [2.05, 4.69) is 40.0 Å². The molecular formula is C7H20Si2. The number of hydrogen-bond acceptors (Lipinski definition) is 0. The van der Waals surface area contributed by atoms with Gasteiger partial charge < -0.3 is 0 Å². The van der Waals surface area contributed by atoms with Crippen molar-refractivity contribution in [1.29, 1.82) is 0 Å². The fraction of sp³-hybridized carbons (Fsp3) is 1.00. The van der Waals surface area contributed by atoms with Crippen LogP contribution in [0.3, 0.4) is 0 Å². The summed E-state index contributed by atoms with van der Waals surface area (Å²) in [6.45, 7) is 14.8. The fourth-order valence-corrected chi connectivity index (χ4v) is 6.00. The van der Waals surface area contributed by atoms with Gasteiger partial charge in [0, 0.05) is 17.6 Å². The first-order chi connectivity index (χ1) is 3.89. The van der Waals surface area contributed by atoms with Gasteiger partial charge in [0.2, 0.25) is 0 Å². The molecule has 0 aliphatic heterocycles. The van der Waals surface area contributed by atoms with Crippen molar-refractivity contribution >= 4 is 17.6 Å². The second-order valence-corrected chi connectivity index (χ2v) is 12.4. The molecule has 9 heavy (non-hydrogen) atoms. The highest BCUT2D eigenvalue weighted by molar-refractivity contribution is 6.80. The molecule has 0 N–H and O–H groups in total. The summed E-state index contributed by atoms with van der Waals surface area (Å²) in [4.78, 5) is 0. The SMILES string of the molecule is C[SiH](C)C(C)(C)[SiH](C)C. The summed E-state index contributed by atoms with van der Waals surface area (Å²) >= 11 is 0. The maximum Gasteiger partial charge on any atom is 0.0333 e. The number of rotatable bonds is 2. The van der Waals surface area contributed by atoms with Crippen LogP contribution in [0.4, 0.5) is 0 Å². The number of hydrogen-bond donors (Lipinski definition) is 0. The van der Waals surface area contributed by atoms with Crippen molar-refractivity contribution in [3.8, 4) is 0 Å². The van der Waals surface area contributed by atoms with E-state index in [0.29, 0.717) is 0 Å². The summed E-state index contributed by atoms with van der Waals surface area (Å²) in [5.74, 6) is 0. The average molecular weight is 160 g/mol. The van der Waals surface area contributed by atoms with Crippen LogP contribution in [0.5, 0.6) is 0 Å². The molecule has 0 aromatic heterocycles. The van der Waals surface area contributed by atoms with Gasteiger partial charge >= 0.3 is 0 Å². The lowest BCUT2D eigenvalue weighted by atomic mass is 10.5. The standard InChI is InChI=1S/C7H20Si2/c1-7(2,8(3)4)9(5)6/h8-9H,1-6H3. The first-order valence-corrected chi connectivity index (χ1v) is 9.66. The van der Waals surface area contributed by atoms with Crippen molar-refractivity contribution in [2.75, 3.05) is 0 Å². The van der Waals surface area contributed by atoms with E-state index in [4.69, 9.17) is 0 Å². The summed E-state index contributed by atoms with van der Waals surface area (Å²) in [7, 11) is -0.752. The molecule has 0 radical (unpaired) electrons. The minimum Gasteiger partial charge on any atom is -0.0720 e. The van der Waals surface area contributed by atoms with E-state index in [1.807, 2.05) is 0 Å². The quantitative estimate of drug-likeness (QED) is 0.544. The Bertz CT molecular complexity index is 74.9. The molecule has 0 saturated carbocycles. The topological polar surface area (TPSA) is 0 Å². The highest BCUT2D eigenvalue weighted by Gasteiger charge is 2.27. The molecule has 0 heterocycles. The minimum atomic E-state index is -0.376. The lowest BCUT2D eigenvalue weighted by Crippen LogP contribution is -2.32. The van der Waals surface area contributed by atoms with Crippen molar-refractivity contribution < 1.29 is 0 Å². The van der Waals surface area contributed by atoms with Gasteiger partial charge in [0.1, 0.15) is 0 Å². The Morgan fingerprint density at radius 1 is 0.778 bits per heavy atom. The van der Waals surface area contributed by atoms with Crippen LogP contribution in [0.15, 0.2) is 0 Å². The Morgan fingerprint density at radius 3 is 1.00 bits per heavy atom. The zero-order valence-corrected chi connectivity index (χ0v) is 9.96. The van der Waals surface area contributed by atoms with Crippen LogP contribution in [0.25, 0.3) is 0 Å². The third kappa shape index (κ3) is 2.26. The van der Waals surface area contributed by atoms with Gasteiger partial charge in [0.15, 0.2) is 0 Å². The van der Waals surface area contributed by atoms with Crippen molar-refractivity contribution in [3.63, 3.8) is 0 Å². The third-order valence-electron chi connectivity index (χ3n) is 2.98. The van der Waals surface area contributed by atoms with Crippen LogP contribution in [0.1, 0.15) is 13.8 Å². The van der Waals surface area contributed by atoms with Crippen LogP contribution >= 0.6 is 0 Å². The van der Waals surface area contributed by atoms with E-state index in [-0.39, 0.29) is 17.6 Å². The molecule has 0 rings (SSSR count). The highest BCUT2D eigenvalue weighted by atomic mass is 28.3. The maximum atomic E-state index is 2.47. The Balaban J connectivity index is 4.01. The zero-order valence-electron chi connectivity index (χ0n) is 7.65. The molecule has 0 aliphatic carbocycles. The molecule has 2 heteroatoms. The van der Waals surface area contributed by atoms with E-state index in [0.717, 1.165) is 4.66 Å².